The van der Waals surface area contributed by atoms with Crippen LogP contribution in [0.15, 0.2) is 48.5 Å². The van der Waals surface area contributed by atoms with Gasteiger partial charge in [-0.3, -0.25) is 14.4 Å². The fourth-order valence-electron chi connectivity index (χ4n) is 5.01. The zero-order valence-electron chi connectivity index (χ0n) is 23.4. The molecule has 4 N–H and O–H groups in total. The molecular formula is C31H37N3O7. The number of unbranched alkanes of at least 4 members (excludes halogenated alkanes) is 1. The Morgan fingerprint density at radius 2 is 1.68 bits per heavy atom. The van der Waals surface area contributed by atoms with Gasteiger partial charge in [-0.15, -0.1) is 4.73 Å². The smallest absolute Gasteiger partial charge is 0.492 e. The molecule has 1 heterocycles. The lowest BCUT2D eigenvalue weighted by atomic mass is 9.95. The molecule has 218 valence electrons. The normalized spacial score (nSPS) is 13.3. The number of aromatic hydroxyl groups is 2. The van der Waals surface area contributed by atoms with Crippen molar-refractivity contribution in [2.45, 2.75) is 58.3 Å². The number of carbonyl (C=O) groups excluding carboxylic acids is 3. The van der Waals surface area contributed by atoms with Gasteiger partial charge in [0.25, 0.3) is 5.91 Å². The van der Waals surface area contributed by atoms with E-state index in [1.54, 1.807) is 6.07 Å². The summed E-state index contributed by atoms with van der Waals surface area (Å²) in [7, 11) is 0. The topological polar surface area (TPSA) is 139 Å². The molecule has 0 radical (unpaired) electrons. The molecule has 0 spiro atoms. The number of hydrogen-bond acceptors (Lipinski definition) is 7. The Balaban J connectivity index is 1.55. The molecule has 4 rings (SSSR count). The number of ether oxygens (including phenoxy) is 1. The van der Waals surface area contributed by atoms with Gasteiger partial charge < -0.3 is 25.6 Å². The first-order chi connectivity index (χ1) is 19.8. The van der Waals surface area contributed by atoms with Crippen molar-refractivity contribution >= 4 is 18.0 Å². The van der Waals surface area contributed by atoms with Gasteiger partial charge in [-0.1, -0.05) is 50.6 Å². The fourth-order valence-corrected chi connectivity index (χ4v) is 5.01. The summed E-state index contributed by atoms with van der Waals surface area (Å²) in [5, 5.41) is 25.4. The van der Waals surface area contributed by atoms with Crippen molar-refractivity contribution in [2.75, 3.05) is 19.7 Å². The standard InChI is InChI=1S/C31H37N3O7/c1-3-5-17-32-26(35)11-6-8-20-12-13-22-24(18-20)25(19-40-31(39)41-34-27(36)14-15-28(34)37)21-9-7-10-23(29(21)22)30(38)33-16-4-2/h7,9-10,12-15,18,25,36-37H,3-6,8,11,16-17,19H2,1-2H3,(H,32,35)(H,33,38). The molecule has 1 aromatic heterocycles. The van der Waals surface area contributed by atoms with Crippen LogP contribution in [0.5, 0.6) is 11.8 Å². The SMILES string of the molecule is CCCCNC(=O)CCCc1ccc2c(c1)C(COC(=O)On1c(O)ccc1O)c1cccc(C(=O)NCCC)c1-2. The number of rotatable bonds is 13. The molecule has 1 aliphatic carbocycles. The predicted octanol–water partition coefficient (Wildman–Crippen LogP) is 4.66. The van der Waals surface area contributed by atoms with E-state index in [1.807, 2.05) is 37.3 Å². The van der Waals surface area contributed by atoms with Crippen LogP contribution in [0.3, 0.4) is 0 Å². The fraction of sp³-hybridized carbons (Fsp3) is 0.387. The Morgan fingerprint density at radius 3 is 2.41 bits per heavy atom. The Labute approximate surface area is 239 Å². The lowest BCUT2D eigenvalue weighted by Crippen LogP contribution is -2.24. The minimum Gasteiger partial charge on any atom is -0.492 e. The molecule has 41 heavy (non-hydrogen) atoms. The Morgan fingerprint density at radius 1 is 0.902 bits per heavy atom. The van der Waals surface area contributed by atoms with Crippen LogP contribution in [-0.2, 0) is 16.0 Å². The van der Waals surface area contributed by atoms with Crippen molar-refractivity contribution in [3.63, 3.8) is 0 Å². The van der Waals surface area contributed by atoms with E-state index >= 15 is 0 Å². The summed E-state index contributed by atoms with van der Waals surface area (Å²) in [4.78, 5) is 42.6. The monoisotopic (exact) mass is 563 g/mol. The lowest BCUT2D eigenvalue weighted by molar-refractivity contribution is -0.121. The molecule has 0 saturated heterocycles. The van der Waals surface area contributed by atoms with Crippen LogP contribution in [0, 0.1) is 0 Å². The number of aromatic nitrogens is 1. The largest absolute Gasteiger partial charge is 0.534 e. The minimum absolute atomic E-state index is 0.0410. The molecule has 1 atom stereocenters. The summed E-state index contributed by atoms with van der Waals surface area (Å²) >= 11 is 0. The second-order valence-corrected chi connectivity index (χ2v) is 10.1. The second-order valence-electron chi connectivity index (χ2n) is 10.1. The summed E-state index contributed by atoms with van der Waals surface area (Å²) in [6.45, 7) is 5.22. The summed E-state index contributed by atoms with van der Waals surface area (Å²) in [6.07, 6.45) is 3.49. The van der Waals surface area contributed by atoms with E-state index in [-0.39, 0.29) is 24.3 Å². The highest BCUT2D eigenvalue weighted by molar-refractivity contribution is 6.03. The van der Waals surface area contributed by atoms with Gasteiger partial charge in [-0.05, 0) is 59.6 Å². The van der Waals surface area contributed by atoms with Crippen molar-refractivity contribution in [1.82, 2.24) is 15.4 Å². The van der Waals surface area contributed by atoms with Gasteiger partial charge in [0.05, 0.1) is 0 Å². The number of carbonyl (C=O) groups is 3. The number of nitrogens with zero attached hydrogens (tertiary/aromatic N) is 1. The van der Waals surface area contributed by atoms with Crippen LogP contribution < -0.4 is 15.5 Å². The molecule has 3 aromatic rings. The van der Waals surface area contributed by atoms with Gasteiger partial charge in [0.15, 0.2) is 0 Å². The third-order valence-corrected chi connectivity index (χ3v) is 7.07. The van der Waals surface area contributed by atoms with Gasteiger partial charge in [0, 0.05) is 43.1 Å². The molecule has 10 heteroatoms. The lowest BCUT2D eigenvalue weighted by Gasteiger charge is -2.15. The molecule has 0 bridgehead atoms. The number of benzene rings is 2. The summed E-state index contributed by atoms with van der Waals surface area (Å²) < 4.78 is 5.99. The Hall–Kier alpha value is -4.47. The van der Waals surface area contributed by atoms with Crippen LogP contribution in [0.4, 0.5) is 4.79 Å². The molecule has 10 nitrogen and oxygen atoms in total. The van der Waals surface area contributed by atoms with E-state index in [0.29, 0.717) is 42.6 Å². The summed E-state index contributed by atoms with van der Waals surface area (Å²) in [5.74, 6) is -1.42. The maximum Gasteiger partial charge on any atom is 0.534 e. The van der Waals surface area contributed by atoms with Crippen LogP contribution in [0.2, 0.25) is 0 Å². The quantitative estimate of drug-likeness (QED) is 0.175. The Bertz CT molecular complexity index is 1380. The highest BCUT2D eigenvalue weighted by Crippen LogP contribution is 2.47. The number of aryl methyl sites for hydroxylation is 1. The van der Waals surface area contributed by atoms with E-state index in [1.165, 1.54) is 12.1 Å². The van der Waals surface area contributed by atoms with Crippen molar-refractivity contribution in [2.24, 2.45) is 0 Å². The maximum atomic E-state index is 13.0. The number of hydrogen-bond donors (Lipinski definition) is 4. The first-order valence-electron chi connectivity index (χ1n) is 14.1. The number of fused-ring (bicyclic) bond motifs is 3. The number of amides is 2. The molecule has 1 unspecified atom stereocenters. The van der Waals surface area contributed by atoms with Crippen LogP contribution in [0.25, 0.3) is 11.1 Å². The maximum absolute atomic E-state index is 13.0. The Kier molecular flexibility index (Phi) is 9.89. The first kappa shape index (κ1) is 29.5. The minimum atomic E-state index is -1.11. The average molecular weight is 564 g/mol. The van der Waals surface area contributed by atoms with E-state index in [4.69, 9.17) is 9.57 Å². The first-order valence-corrected chi connectivity index (χ1v) is 14.1. The second kappa shape index (κ2) is 13.7. The molecular weight excluding hydrogens is 526 g/mol. The van der Waals surface area contributed by atoms with Gasteiger partial charge >= 0.3 is 6.16 Å². The van der Waals surface area contributed by atoms with E-state index in [0.717, 1.165) is 47.1 Å². The van der Waals surface area contributed by atoms with Gasteiger partial charge in [0.2, 0.25) is 17.7 Å². The van der Waals surface area contributed by atoms with Crippen LogP contribution in [-0.4, -0.2) is 52.6 Å². The molecule has 0 aliphatic heterocycles. The summed E-state index contributed by atoms with van der Waals surface area (Å²) in [5.41, 5.74) is 4.99. The van der Waals surface area contributed by atoms with E-state index in [9.17, 15) is 24.6 Å². The zero-order valence-corrected chi connectivity index (χ0v) is 23.4. The van der Waals surface area contributed by atoms with Crippen molar-refractivity contribution in [3.05, 3.63) is 70.8 Å². The van der Waals surface area contributed by atoms with E-state index < -0.39 is 17.9 Å². The highest BCUT2D eigenvalue weighted by atomic mass is 16.8. The zero-order chi connectivity index (χ0) is 29.4. The van der Waals surface area contributed by atoms with Crippen LogP contribution >= 0.6 is 0 Å². The molecule has 1 aliphatic rings. The van der Waals surface area contributed by atoms with Crippen molar-refractivity contribution < 1.29 is 34.2 Å². The summed E-state index contributed by atoms with van der Waals surface area (Å²) in [6, 6.07) is 13.9. The predicted molar refractivity (Wildman–Crippen MR) is 153 cm³/mol. The average Bonchev–Trinajstić information content (AvgIpc) is 3.45. The van der Waals surface area contributed by atoms with Crippen molar-refractivity contribution in [1.29, 1.82) is 0 Å². The third-order valence-electron chi connectivity index (χ3n) is 7.07. The molecule has 2 aromatic carbocycles. The number of nitrogens with one attached hydrogen (secondary N) is 2. The molecule has 0 saturated carbocycles. The van der Waals surface area contributed by atoms with Crippen molar-refractivity contribution in [3.8, 4) is 22.9 Å². The third kappa shape index (κ3) is 7.00. The van der Waals surface area contributed by atoms with Gasteiger partial charge in [0.1, 0.15) is 6.61 Å². The highest BCUT2D eigenvalue weighted by Gasteiger charge is 2.33. The van der Waals surface area contributed by atoms with Gasteiger partial charge in [-0.25, -0.2) is 4.79 Å². The molecule has 0 fully saturated rings. The van der Waals surface area contributed by atoms with Crippen LogP contribution in [0.1, 0.15) is 78.9 Å². The molecule has 2 amide bonds. The van der Waals surface area contributed by atoms with Gasteiger partial charge in [-0.2, -0.15) is 0 Å². The van der Waals surface area contributed by atoms with E-state index in [2.05, 4.69) is 17.6 Å².